The van der Waals surface area contributed by atoms with Gasteiger partial charge < -0.3 is 35.1 Å². The Hall–Kier alpha value is -4.30. The monoisotopic (exact) mass is 561 g/mol. The predicted molar refractivity (Wildman–Crippen MR) is 135 cm³/mol. The summed E-state index contributed by atoms with van der Waals surface area (Å²) >= 11 is 0. The Labute approximate surface area is 229 Å². The number of nitrogens with one attached hydrogen (secondary N) is 2. The van der Waals surface area contributed by atoms with Gasteiger partial charge in [-0.3, -0.25) is 28.9 Å². The summed E-state index contributed by atoms with van der Waals surface area (Å²) in [5, 5.41) is 24.5. The van der Waals surface area contributed by atoms with E-state index >= 15 is 0 Å². The molecule has 4 amide bonds. The lowest BCUT2D eigenvalue weighted by Crippen LogP contribution is -2.42. The van der Waals surface area contributed by atoms with E-state index in [9.17, 15) is 39.0 Å². The van der Waals surface area contributed by atoms with Gasteiger partial charge in [0.05, 0.1) is 11.8 Å². The molecule has 0 unspecified atom stereocenters. The van der Waals surface area contributed by atoms with Crippen molar-refractivity contribution in [3.8, 4) is 5.75 Å². The highest BCUT2D eigenvalue weighted by atomic mass is 16.7. The first-order valence-electron chi connectivity index (χ1n) is 12.6. The average Bonchev–Trinajstić information content (AvgIpc) is 3.20. The van der Waals surface area contributed by atoms with Crippen LogP contribution in [-0.2, 0) is 44.8 Å². The van der Waals surface area contributed by atoms with E-state index in [-0.39, 0.29) is 69.1 Å². The number of amides is 4. The minimum absolute atomic E-state index is 0.00892. The molecule has 1 aromatic rings. The fourth-order valence-corrected chi connectivity index (χ4v) is 3.95. The van der Waals surface area contributed by atoms with Gasteiger partial charge in [0.1, 0.15) is 12.4 Å². The molecule has 14 nitrogen and oxygen atoms in total. The lowest BCUT2D eigenvalue weighted by molar-refractivity contribution is -0.195. The lowest BCUT2D eigenvalue weighted by atomic mass is 10.1. The first-order valence-corrected chi connectivity index (χ1v) is 12.6. The summed E-state index contributed by atoms with van der Waals surface area (Å²) in [5.74, 6) is -3.29. The van der Waals surface area contributed by atoms with E-state index in [2.05, 4.69) is 10.6 Å². The molecular weight excluding hydrogens is 530 g/mol. The normalized spacial score (nSPS) is 20.2. The van der Waals surface area contributed by atoms with Crippen molar-refractivity contribution < 1.29 is 53.2 Å². The molecule has 0 bridgehead atoms. The number of nitrogens with zero attached hydrogens (tertiary/aromatic N) is 1. The number of esters is 1. The Bertz CT molecular complexity index is 1160. The van der Waals surface area contributed by atoms with E-state index in [4.69, 9.17) is 14.2 Å². The van der Waals surface area contributed by atoms with E-state index in [1.54, 1.807) is 6.07 Å². The van der Waals surface area contributed by atoms with Crippen LogP contribution in [0.25, 0.3) is 0 Å². The topological polar surface area (TPSA) is 198 Å². The number of hydrogen-bond donors (Lipinski definition) is 4. The maximum Gasteiger partial charge on any atom is 0.333 e. The number of benzene rings is 1. The molecule has 1 saturated heterocycles. The van der Waals surface area contributed by atoms with Gasteiger partial charge in [-0.05, 0) is 24.1 Å². The maximum absolute atomic E-state index is 12.6. The van der Waals surface area contributed by atoms with Gasteiger partial charge in [-0.1, -0.05) is 6.07 Å². The highest BCUT2D eigenvalue weighted by Gasteiger charge is 2.34. The molecule has 1 aromatic carbocycles. The molecule has 2 aliphatic heterocycles. The largest absolute Gasteiger partial charge is 0.479 e. The summed E-state index contributed by atoms with van der Waals surface area (Å²) in [7, 11) is 0. The Morgan fingerprint density at radius 1 is 1.07 bits per heavy atom. The molecule has 0 radical (unpaired) electrons. The molecular formula is C26H31N3O11. The van der Waals surface area contributed by atoms with Crippen molar-refractivity contribution in [3.05, 3.63) is 35.9 Å². The number of aliphatic hydroxyl groups is 1. The molecule has 40 heavy (non-hydrogen) atoms. The third kappa shape index (κ3) is 9.17. The van der Waals surface area contributed by atoms with Crippen LogP contribution in [0.2, 0.25) is 0 Å². The van der Waals surface area contributed by atoms with Crippen molar-refractivity contribution in [1.29, 1.82) is 0 Å². The van der Waals surface area contributed by atoms with E-state index in [1.807, 2.05) is 0 Å². The molecule has 3 rings (SSSR count). The predicted octanol–water partition coefficient (Wildman–Crippen LogP) is 0.229. The molecule has 2 heterocycles. The number of aliphatic carboxylic acids is 1. The van der Waals surface area contributed by atoms with Crippen molar-refractivity contribution >= 4 is 41.3 Å². The number of hydrogen-bond acceptors (Lipinski definition) is 10. The van der Waals surface area contributed by atoms with Crippen molar-refractivity contribution in [2.24, 2.45) is 0 Å². The molecule has 0 spiro atoms. The van der Waals surface area contributed by atoms with Crippen LogP contribution >= 0.6 is 0 Å². The molecule has 14 heteroatoms. The van der Waals surface area contributed by atoms with Gasteiger partial charge in [-0.2, -0.15) is 0 Å². The fraction of sp³-hybridized carbons (Fsp3) is 0.462. The molecule has 3 atom stereocenters. The van der Waals surface area contributed by atoms with Crippen molar-refractivity contribution in [3.63, 3.8) is 0 Å². The highest BCUT2D eigenvalue weighted by molar-refractivity contribution is 6.12. The third-order valence-corrected chi connectivity index (χ3v) is 5.92. The van der Waals surface area contributed by atoms with Crippen LogP contribution in [0.1, 0.15) is 44.6 Å². The molecule has 0 aromatic heterocycles. The Morgan fingerprint density at radius 2 is 1.80 bits per heavy atom. The van der Waals surface area contributed by atoms with Crippen LogP contribution in [0.15, 0.2) is 30.4 Å². The van der Waals surface area contributed by atoms with Gasteiger partial charge >= 0.3 is 11.9 Å². The third-order valence-electron chi connectivity index (χ3n) is 5.92. The summed E-state index contributed by atoms with van der Waals surface area (Å²) in [6, 6.07) is 4.58. The van der Waals surface area contributed by atoms with E-state index in [0.29, 0.717) is 5.56 Å². The Morgan fingerprint density at radius 3 is 2.48 bits per heavy atom. The summed E-state index contributed by atoms with van der Waals surface area (Å²) in [6.07, 6.45) is -0.833. The number of carboxylic acid groups (broad SMARTS) is 1. The summed E-state index contributed by atoms with van der Waals surface area (Å²) in [6.45, 7) is 1.30. The lowest BCUT2D eigenvalue weighted by Gasteiger charge is -2.31. The quantitative estimate of drug-likeness (QED) is 0.190. The van der Waals surface area contributed by atoms with Gasteiger partial charge in [-0.15, -0.1) is 0 Å². The van der Waals surface area contributed by atoms with Gasteiger partial charge in [0, 0.05) is 57.8 Å². The Balaban J connectivity index is 1.54. The number of carboxylic acids is 1. The summed E-state index contributed by atoms with van der Waals surface area (Å²) in [4.78, 5) is 71.3. The van der Waals surface area contributed by atoms with Crippen molar-refractivity contribution in [2.45, 2.75) is 64.1 Å². The van der Waals surface area contributed by atoms with Crippen LogP contribution < -0.4 is 15.4 Å². The molecule has 0 saturated carbocycles. The highest BCUT2D eigenvalue weighted by Crippen LogP contribution is 2.30. The summed E-state index contributed by atoms with van der Waals surface area (Å²) < 4.78 is 16.2. The number of carbonyl (C=O) groups is 6. The van der Waals surface area contributed by atoms with Gasteiger partial charge in [0.15, 0.2) is 6.10 Å². The van der Waals surface area contributed by atoms with Crippen molar-refractivity contribution in [2.75, 3.05) is 18.4 Å². The number of carbonyl (C=O) groups excluding carboxylic acids is 5. The minimum Gasteiger partial charge on any atom is -0.479 e. The molecule has 216 valence electrons. The zero-order chi connectivity index (χ0) is 29.2. The first-order chi connectivity index (χ1) is 19.0. The SMILES string of the molecule is CC(=O)OCc1ccc(O[C@H]2C[C@@H](O)C[C@@H](C(=O)O)O2)c(NC(=O)CCNC(=O)CCCN2C(=O)C=CC2=O)c1. The maximum atomic E-state index is 12.6. The zero-order valence-corrected chi connectivity index (χ0v) is 21.8. The van der Waals surface area contributed by atoms with E-state index in [0.717, 1.165) is 4.90 Å². The molecule has 2 aliphatic rings. The van der Waals surface area contributed by atoms with Crippen LogP contribution in [0.5, 0.6) is 5.75 Å². The minimum atomic E-state index is -1.26. The van der Waals surface area contributed by atoms with Crippen LogP contribution in [-0.4, -0.2) is 82.3 Å². The Kier molecular flexibility index (Phi) is 10.7. The number of rotatable bonds is 13. The van der Waals surface area contributed by atoms with Crippen molar-refractivity contribution in [1.82, 2.24) is 10.2 Å². The van der Waals surface area contributed by atoms with Gasteiger partial charge in [0.25, 0.3) is 11.8 Å². The van der Waals surface area contributed by atoms with E-state index < -0.39 is 48.2 Å². The van der Waals surface area contributed by atoms with Gasteiger partial charge in [-0.25, -0.2) is 4.79 Å². The van der Waals surface area contributed by atoms with E-state index in [1.165, 1.54) is 31.2 Å². The second-order valence-corrected chi connectivity index (χ2v) is 9.16. The first kappa shape index (κ1) is 30.2. The van der Waals surface area contributed by atoms with Gasteiger partial charge in [0.2, 0.25) is 18.1 Å². The van der Waals surface area contributed by atoms with Crippen LogP contribution in [0.4, 0.5) is 5.69 Å². The zero-order valence-electron chi connectivity index (χ0n) is 21.8. The second kappa shape index (κ2) is 14.2. The fourth-order valence-electron chi connectivity index (χ4n) is 3.95. The standard InChI is InChI=1S/C26H31N3O11/c1-15(30)38-14-16-4-5-19(39-25-13-17(31)12-20(40-25)26(36)37)18(11-16)28-22(33)8-9-27-21(32)3-2-10-29-23(34)6-7-24(29)35/h4-7,11,17,20,25,31H,2-3,8-10,12-14H2,1H3,(H,27,32)(H,28,33)(H,36,37)/t17-,20-,25+/m0/s1. The second-order valence-electron chi connectivity index (χ2n) is 9.16. The molecule has 4 N–H and O–H groups in total. The summed E-state index contributed by atoms with van der Waals surface area (Å²) in [5.41, 5.74) is 0.717. The van der Waals surface area contributed by atoms with Crippen LogP contribution in [0.3, 0.4) is 0 Å². The molecule has 1 fully saturated rings. The number of aliphatic hydroxyl groups excluding tert-OH is 1. The molecule has 0 aliphatic carbocycles. The smallest absolute Gasteiger partial charge is 0.333 e. The van der Waals surface area contributed by atoms with Crippen LogP contribution in [0, 0.1) is 0 Å². The number of imide groups is 1. The number of ether oxygens (including phenoxy) is 3. The number of anilines is 1. The average molecular weight is 562 g/mol.